The van der Waals surface area contributed by atoms with Gasteiger partial charge in [-0.2, -0.15) is 4.98 Å². The van der Waals surface area contributed by atoms with Gasteiger partial charge in [0.05, 0.1) is 35.6 Å². The quantitative estimate of drug-likeness (QED) is 0.496. The van der Waals surface area contributed by atoms with Crippen molar-refractivity contribution in [1.82, 2.24) is 15.0 Å². The van der Waals surface area contributed by atoms with Gasteiger partial charge in [-0.05, 0) is 17.2 Å². The van der Waals surface area contributed by atoms with Crippen LogP contribution in [0.3, 0.4) is 0 Å². The van der Waals surface area contributed by atoms with Gasteiger partial charge in [0.1, 0.15) is 6.10 Å². The van der Waals surface area contributed by atoms with Gasteiger partial charge in [0.25, 0.3) is 6.01 Å². The average molecular weight is 422 g/mol. The van der Waals surface area contributed by atoms with Crippen molar-refractivity contribution in [3.8, 4) is 28.4 Å². The molecule has 0 aliphatic carbocycles. The number of fused-ring (bicyclic) bond motifs is 1. The summed E-state index contributed by atoms with van der Waals surface area (Å²) in [6.45, 7) is 0.416. The van der Waals surface area contributed by atoms with E-state index in [1.54, 1.807) is 0 Å². The van der Waals surface area contributed by atoms with Gasteiger partial charge in [-0.1, -0.05) is 66.2 Å². The van der Waals surface area contributed by atoms with Crippen molar-refractivity contribution < 1.29 is 14.6 Å². The second kappa shape index (κ2) is 8.07. The molecule has 0 amide bonds. The topological polar surface area (TPSA) is 80.3 Å². The minimum absolute atomic E-state index is 0.0103. The third kappa shape index (κ3) is 3.77. The average Bonchev–Trinajstić information content (AvgIpc) is 3.40. The van der Waals surface area contributed by atoms with E-state index in [4.69, 9.17) is 21.1 Å². The highest BCUT2D eigenvalue weighted by Gasteiger charge is 2.27. The molecule has 4 aromatic rings. The van der Waals surface area contributed by atoms with E-state index in [1.807, 2.05) is 36.4 Å². The normalized spacial score (nSPS) is 18.7. The molecule has 2 unspecified atom stereocenters. The summed E-state index contributed by atoms with van der Waals surface area (Å²) in [5, 5.41) is 9.72. The number of imidazole rings is 1. The van der Waals surface area contributed by atoms with Gasteiger partial charge in [-0.15, -0.1) is 0 Å². The molecule has 0 saturated carbocycles. The maximum absolute atomic E-state index is 9.19. The first-order chi connectivity index (χ1) is 14.7. The third-order valence-corrected chi connectivity index (χ3v) is 5.48. The number of benzene rings is 2. The number of H-pyrrole nitrogens is 1. The predicted octanol–water partition coefficient (Wildman–Crippen LogP) is 4.47. The van der Waals surface area contributed by atoms with Gasteiger partial charge < -0.3 is 19.6 Å². The van der Waals surface area contributed by atoms with Gasteiger partial charge in [-0.25, -0.2) is 4.98 Å². The monoisotopic (exact) mass is 421 g/mol. The van der Waals surface area contributed by atoms with Crippen LogP contribution in [0.2, 0.25) is 5.02 Å². The highest BCUT2D eigenvalue weighted by atomic mass is 35.5. The van der Waals surface area contributed by atoms with E-state index in [1.165, 1.54) is 0 Å². The molecule has 0 radical (unpaired) electrons. The number of hydrogen-bond acceptors (Lipinski definition) is 5. The smallest absolute Gasteiger partial charge is 0.296 e. The van der Waals surface area contributed by atoms with Crippen LogP contribution < -0.4 is 4.74 Å². The lowest BCUT2D eigenvalue weighted by atomic mass is 10.0. The molecule has 7 heteroatoms. The predicted molar refractivity (Wildman–Crippen MR) is 116 cm³/mol. The Morgan fingerprint density at radius 2 is 1.77 bits per heavy atom. The van der Waals surface area contributed by atoms with E-state index in [0.29, 0.717) is 40.9 Å². The standard InChI is InChI=1S/C23H20ClN3O3/c24-19-11-20-22(27-23(25-20)30-18-10-17(12-28)29-13-18)26-21(19)16-8-6-15(7-9-16)14-4-2-1-3-5-14/h1-9,11,17-18,28H,10,12-13H2,(H,25,26,27). The number of rotatable bonds is 5. The molecular weight excluding hydrogens is 402 g/mol. The first-order valence-corrected chi connectivity index (χ1v) is 10.2. The molecule has 6 nitrogen and oxygen atoms in total. The number of aromatic amines is 1. The van der Waals surface area contributed by atoms with Gasteiger partial charge >= 0.3 is 0 Å². The summed E-state index contributed by atoms with van der Waals surface area (Å²) in [6, 6.07) is 20.5. The Balaban J connectivity index is 1.40. The molecule has 2 atom stereocenters. The fraction of sp³-hybridized carbons (Fsp3) is 0.217. The molecule has 5 rings (SSSR count). The van der Waals surface area contributed by atoms with E-state index in [2.05, 4.69) is 39.2 Å². The SMILES string of the molecule is OCC1CC(Oc2nc3nc(-c4ccc(-c5ccccc5)cc4)c(Cl)cc3[nH]2)CO1. The highest BCUT2D eigenvalue weighted by molar-refractivity contribution is 6.33. The number of aliphatic hydroxyl groups excluding tert-OH is 1. The number of hydrogen-bond donors (Lipinski definition) is 2. The fourth-order valence-electron chi connectivity index (χ4n) is 3.65. The van der Waals surface area contributed by atoms with Gasteiger partial charge in [0.15, 0.2) is 5.65 Å². The first kappa shape index (κ1) is 19.1. The van der Waals surface area contributed by atoms with Gasteiger partial charge in [0.2, 0.25) is 0 Å². The molecule has 2 aromatic heterocycles. The van der Waals surface area contributed by atoms with Crippen LogP contribution in [0.15, 0.2) is 60.7 Å². The van der Waals surface area contributed by atoms with Crippen molar-refractivity contribution >= 4 is 22.8 Å². The number of pyridine rings is 1. The largest absolute Gasteiger partial charge is 0.459 e. The molecule has 3 heterocycles. The number of aromatic nitrogens is 3. The molecule has 1 aliphatic rings. The Bertz CT molecular complexity index is 1160. The van der Waals surface area contributed by atoms with E-state index < -0.39 is 0 Å². The molecule has 0 bridgehead atoms. The van der Waals surface area contributed by atoms with Crippen LogP contribution >= 0.6 is 11.6 Å². The minimum Gasteiger partial charge on any atom is -0.459 e. The maximum Gasteiger partial charge on any atom is 0.296 e. The Labute approximate surface area is 178 Å². The van der Waals surface area contributed by atoms with E-state index in [0.717, 1.165) is 16.7 Å². The highest BCUT2D eigenvalue weighted by Crippen LogP contribution is 2.31. The number of aliphatic hydroxyl groups is 1. The van der Waals surface area contributed by atoms with Crippen molar-refractivity contribution in [3.63, 3.8) is 0 Å². The lowest BCUT2D eigenvalue weighted by Gasteiger charge is -2.07. The second-order valence-electron chi connectivity index (χ2n) is 7.29. The maximum atomic E-state index is 9.19. The molecular formula is C23H20ClN3O3. The summed E-state index contributed by atoms with van der Waals surface area (Å²) in [5.41, 5.74) is 5.12. The molecule has 152 valence electrons. The zero-order valence-corrected chi connectivity index (χ0v) is 16.8. The van der Waals surface area contributed by atoms with Crippen LogP contribution in [0.1, 0.15) is 6.42 Å². The number of nitrogens with zero attached hydrogens (tertiary/aromatic N) is 2. The number of halogens is 1. The van der Waals surface area contributed by atoms with Gasteiger partial charge in [0, 0.05) is 12.0 Å². The van der Waals surface area contributed by atoms with E-state index in [9.17, 15) is 5.11 Å². The lowest BCUT2D eigenvalue weighted by molar-refractivity contribution is 0.0528. The Kier molecular flexibility index (Phi) is 5.12. The minimum atomic E-state index is -0.183. The second-order valence-corrected chi connectivity index (χ2v) is 7.70. The van der Waals surface area contributed by atoms with Crippen molar-refractivity contribution in [3.05, 3.63) is 65.7 Å². The van der Waals surface area contributed by atoms with Crippen molar-refractivity contribution in [2.75, 3.05) is 13.2 Å². The summed E-state index contributed by atoms with van der Waals surface area (Å²) < 4.78 is 11.3. The first-order valence-electron chi connectivity index (χ1n) is 9.81. The van der Waals surface area contributed by atoms with Crippen molar-refractivity contribution in [2.24, 2.45) is 0 Å². The van der Waals surface area contributed by atoms with Crippen LogP contribution in [0.5, 0.6) is 6.01 Å². The van der Waals surface area contributed by atoms with Crippen LogP contribution in [-0.2, 0) is 4.74 Å². The molecule has 1 aliphatic heterocycles. The molecule has 30 heavy (non-hydrogen) atoms. The number of ether oxygens (including phenoxy) is 2. The van der Waals surface area contributed by atoms with Crippen LogP contribution in [0, 0.1) is 0 Å². The van der Waals surface area contributed by atoms with Crippen LogP contribution in [-0.4, -0.2) is 45.5 Å². The zero-order valence-electron chi connectivity index (χ0n) is 16.1. The molecule has 2 aromatic carbocycles. The number of nitrogens with one attached hydrogen (secondary N) is 1. The third-order valence-electron chi connectivity index (χ3n) is 5.20. The van der Waals surface area contributed by atoms with E-state index >= 15 is 0 Å². The lowest BCUT2D eigenvalue weighted by Crippen LogP contribution is -2.17. The summed E-state index contributed by atoms with van der Waals surface area (Å²) in [4.78, 5) is 12.2. The van der Waals surface area contributed by atoms with E-state index in [-0.39, 0.29) is 18.8 Å². The summed E-state index contributed by atoms with van der Waals surface area (Å²) in [5.74, 6) is 0. The van der Waals surface area contributed by atoms with Crippen molar-refractivity contribution in [2.45, 2.75) is 18.6 Å². The van der Waals surface area contributed by atoms with Crippen molar-refractivity contribution in [1.29, 1.82) is 0 Å². The molecule has 0 spiro atoms. The fourth-order valence-corrected chi connectivity index (χ4v) is 3.91. The van der Waals surface area contributed by atoms with Crippen LogP contribution in [0.25, 0.3) is 33.5 Å². The van der Waals surface area contributed by atoms with Crippen LogP contribution in [0.4, 0.5) is 0 Å². The molecule has 2 N–H and O–H groups in total. The summed E-state index contributed by atoms with van der Waals surface area (Å²) >= 11 is 6.51. The zero-order chi connectivity index (χ0) is 20.5. The molecule has 1 saturated heterocycles. The molecule has 1 fully saturated rings. The Hall–Kier alpha value is -2.93. The van der Waals surface area contributed by atoms with Gasteiger partial charge in [-0.3, -0.25) is 0 Å². The summed E-state index contributed by atoms with van der Waals surface area (Å²) in [7, 11) is 0. The Morgan fingerprint density at radius 1 is 1.03 bits per heavy atom. The summed E-state index contributed by atoms with van der Waals surface area (Å²) in [6.07, 6.45) is 0.293. The Morgan fingerprint density at radius 3 is 2.50 bits per heavy atom.